The molecule has 27 heavy (non-hydrogen) atoms. The molecule has 0 fully saturated rings. The van der Waals surface area contributed by atoms with E-state index in [9.17, 15) is 9.18 Å². The number of nitrogens with zero attached hydrogens (tertiary/aromatic N) is 4. The maximum Gasteiger partial charge on any atom is 0.230 e. The molecule has 9 heteroatoms. The molecule has 3 rings (SSSR count). The van der Waals surface area contributed by atoms with Crippen LogP contribution in [0.25, 0.3) is 17.1 Å². The molecule has 0 aliphatic carbocycles. The van der Waals surface area contributed by atoms with E-state index in [-0.39, 0.29) is 17.5 Å². The zero-order valence-electron chi connectivity index (χ0n) is 14.6. The minimum Gasteiger partial charge on any atom is -0.383 e. The van der Waals surface area contributed by atoms with Crippen molar-refractivity contribution >= 4 is 17.7 Å². The van der Waals surface area contributed by atoms with Gasteiger partial charge in [0.2, 0.25) is 5.91 Å². The van der Waals surface area contributed by atoms with Crippen LogP contribution in [-0.4, -0.2) is 51.7 Å². The van der Waals surface area contributed by atoms with E-state index in [2.05, 4.69) is 20.5 Å². The third-order valence-electron chi connectivity index (χ3n) is 3.62. The van der Waals surface area contributed by atoms with Crippen molar-refractivity contribution in [2.24, 2.45) is 0 Å². The number of pyridine rings is 1. The fourth-order valence-electron chi connectivity index (χ4n) is 2.35. The molecule has 2 aromatic heterocycles. The second-order valence-electron chi connectivity index (χ2n) is 5.49. The van der Waals surface area contributed by atoms with E-state index in [1.54, 1.807) is 36.2 Å². The Labute approximate surface area is 160 Å². The Morgan fingerprint density at radius 2 is 1.93 bits per heavy atom. The summed E-state index contributed by atoms with van der Waals surface area (Å²) in [5.74, 6) is 0.311. The number of carbonyl (C=O) groups is 1. The highest BCUT2D eigenvalue weighted by Crippen LogP contribution is 2.27. The van der Waals surface area contributed by atoms with Crippen LogP contribution in [0.4, 0.5) is 4.39 Å². The third kappa shape index (κ3) is 4.89. The van der Waals surface area contributed by atoms with Gasteiger partial charge in [-0.2, -0.15) is 0 Å². The molecule has 0 saturated carbocycles. The van der Waals surface area contributed by atoms with Gasteiger partial charge in [0.05, 0.1) is 12.4 Å². The Hall–Kier alpha value is -2.78. The predicted molar refractivity (Wildman–Crippen MR) is 100 cm³/mol. The quantitative estimate of drug-likeness (QED) is 0.472. The van der Waals surface area contributed by atoms with E-state index in [0.717, 1.165) is 5.56 Å². The first-order valence-electron chi connectivity index (χ1n) is 8.19. The van der Waals surface area contributed by atoms with Gasteiger partial charge in [-0.1, -0.05) is 11.8 Å². The first kappa shape index (κ1) is 19.0. The minimum absolute atomic E-state index is 0.129. The summed E-state index contributed by atoms with van der Waals surface area (Å²) < 4.78 is 20.0. The lowest BCUT2D eigenvalue weighted by Gasteiger charge is -2.10. The largest absolute Gasteiger partial charge is 0.383 e. The standard InChI is InChI=1S/C18H18FN5O2S/c1-26-11-10-21-16(25)12-27-18-23-22-17(13-6-8-20-9-7-13)24(18)15-4-2-14(19)3-5-15/h2-9H,10-12H2,1H3,(H,21,25). The average molecular weight is 387 g/mol. The van der Waals surface area contributed by atoms with Crippen molar-refractivity contribution in [1.82, 2.24) is 25.1 Å². The minimum atomic E-state index is -0.330. The number of hydrogen-bond donors (Lipinski definition) is 1. The molecule has 0 aliphatic rings. The van der Waals surface area contributed by atoms with Crippen molar-refractivity contribution in [1.29, 1.82) is 0 Å². The van der Waals surface area contributed by atoms with Gasteiger partial charge >= 0.3 is 0 Å². The maximum absolute atomic E-state index is 13.3. The number of aromatic nitrogens is 4. The number of methoxy groups -OCH3 is 1. The van der Waals surface area contributed by atoms with Crippen molar-refractivity contribution in [3.63, 3.8) is 0 Å². The molecule has 0 spiro atoms. The van der Waals surface area contributed by atoms with E-state index in [1.807, 2.05) is 12.1 Å². The molecule has 140 valence electrons. The number of benzene rings is 1. The summed E-state index contributed by atoms with van der Waals surface area (Å²) >= 11 is 1.25. The summed E-state index contributed by atoms with van der Waals surface area (Å²) in [6.45, 7) is 0.900. The van der Waals surface area contributed by atoms with E-state index < -0.39 is 0 Å². The Kier molecular flexibility index (Phi) is 6.50. The summed E-state index contributed by atoms with van der Waals surface area (Å²) in [5, 5.41) is 11.8. The van der Waals surface area contributed by atoms with Crippen LogP contribution in [0, 0.1) is 5.82 Å². The van der Waals surface area contributed by atoms with Crippen LogP contribution >= 0.6 is 11.8 Å². The van der Waals surface area contributed by atoms with Crippen LogP contribution in [0.15, 0.2) is 53.9 Å². The molecule has 3 aromatic rings. The van der Waals surface area contributed by atoms with Gasteiger partial charge in [0.25, 0.3) is 0 Å². The zero-order chi connectivity index (χ0) is 19.1. The second-order valence-corrected chi connectivity index (χ2v) is 6.43. The highest BCUT2D eigenvalue weighted by molar-refractivity contribution is 7.99. The van der Waals surface area contributed by atoms with Crippen molar-refractivity contribution in [2.75, 3.05) is 26.0 Å². The monoisotopic (exact) mass is 387 g/mol. The topological polar surface area (TPSA) is 81.9 Å². The molecular weight excluding hydrogens is 369 g/mol. The predicted octanol–water partition coefficient (Wildman–Crippen LogP) is 2.32. The number of halogens is 1. The SMILES string of the molecule is COCCNC(=O)CSc1nnc(-c2ccncc2)n1-c1ccc(F)cc1. The van der Waals surface area contributed by atoms with Crippen molar-refractivity contribution < 1.29 is 13.9 Å². The highest BCUT2D eigenvalue weighted by Gasteiger charge is 2.17. The van der Waals surface area contributed by atoms with Gasteiger partial charge in [0, 0.05) is 37.3 Å². The number of nitrogens with one attached hydrogen (secondary N) is 1. The molecule has 0 bridgehead atoms. The average Bonchev–Trinajstić information content (AvgIpc) is 3.12. The summed E-state index contributed by atoms with van der Waals surface area (Å²) in [6.07, 6.45) is 3.32. The number of hydrogen-bond acceptors (Lipinski definition) is 6. The summed E-state index contributed by atoms with van der Waals surface area (Å²) in [6, 6.07) is 9.67. The zero-order valence-corrected chi connectivity index (χ0v) is 15.4. The molecule has 0 unspecified atom stereocenters. The van der Waals surface area contributed by atoms with Crippen LogP contribution in [0.2, 0.25) is 0 Å². The lowest BCUT2D eigenvalue weighted by Crippen LogP contribution is -2.28. The number of thioether (sulfide) groups is 1. The Morgan fingerprint density at radius 3 is 2.63 bits per heavy atom. The first-order chi connectivity index (χ1) is 13.2. The molecule has 1 N–H and O–H groups in total. The van der Waals surface area contributed by atoms with Gasteiger partial charge in [0.1, 0.15) is 5.82 Å². The lowest BCUT2D eigenvalue weighted by molar-refractivity contribution is -0.118. The maximum atomic E-state index is 13.3. The van der Waals surface area contributed by atoms with Crippen LogP contribution in [0.1, 0.15) is 0 Å². The number of amides is 1. The molecule has 0 radical (unpaired) electrons. The van der Waals surface area contributed by atoms with Gasteiger partial charge in [0.15, 0.2) is 11.0 Å². The van der Waals surface area contributed by atoms with Crippen molar-refractivity contribution in [3.05, 3.63) is 54.6 Å². The molecule has 0 aliphatic heterocycles. The number of rotatable bonds is 8. The molecule has 1 aromatic carbocycles. The molecule has 0 atom stereocenters. The van der Waals surface area contributed by atoms with E-state index >= 15 is 0 Å². The van der Waals surface area contributed by atoms with Gasteiger partial charge in [-0.15, -0.1) is 10.2 Å². The van der Waals surface area contributed by atoms with Crippen LogP contribution in [-0.2, 0) is 9.53 Å². The molecular formula is C18H18FN5O2S. The Balaban J connectivity index is 1.86. The molecule has 1 amide bonds. The Morgan fingerprint density at radius 1 is 1.19 bits per heavy atom. The van der Waals surface area contributed by atoms with E-state index in [1.165, 1.54) is 23.9 Å². The lowest BCUT2D eigenvalue weighted by atomic mass is 10.2. The smallest absolute Gasteiger partial charge is 0.230 e. The van der Waals surface area contributed by atoms with Crippen LogP contribution < -0.4 is 5.32 Å². The number of carbonyl (C=O) groups excluding carboxylic acids is 1. The molecule has 2 heterocycles. The second kappa shape index (κ2) is 9.24. The normalized spacial score (nSPS) is 10.7. The van der Waals surface area contributed by atoms with Gasteiger partial charge < -0.3 is 10.1 Å². The van der Waals surface area contributed by atoms with Crippen molar-refractivity contribution in [3.8, 4) is 17.1 Å². The fraction of sp³-hybridized carbons (Fsp3) is 0.222. The van der Waals surface area contributed by atoms with Crippen LogP contribution in [0.3, 0.4) is 0 Å². The molecule has 7 nitrogen and oxygen atoms in total. The molecule has 0 saturated heterocycles. The Bertz CT molecular complexity index is 887. The van der Waals surface area contributed by atoms with E-state index in [0.29, 0.717) is 29.8 Å². The third-order valence-corrected chi connectivity index (χ3v) is 4.55. The van der Waals surface area contributed by atoms with Gasteiger partial charge in [-0.25, -0.2) is 4.39 Å². The van der Waals surface area contributed by atoms with Crippen LogP contribution in [0.5, 0.6) is 0 Å². The van der Waals surface area contributed by atoms with Gasteiger partial charge in [-0.3, -0.25) is 14.3 Å². The van der Waals surface area contributed by atoms with E-state index in [4.69, 9.17) is 4.74 Å². The fourth-order valence-corrected chi connectivity index (χ4v) is 3.13. The highest BCUT2D eigenvalue weighted by atomic mass is 32.2. The summed E-state index contributed by atoms with van der Waals surface area (Å²) in [4.78, 5) is 16.0. The van der Waals surface area contributed by atoms with Crippen molar-refractivity contribution in [2.45, 2.75) is 5.16 Å². The van der Waals surface area contributed by atoms with Gasteiger partial charge in [-0.05, 0) is 36.4 Å². The number of ether oxygens (including phenoxy) is 1. The first-order valence-corrected chi connectivity index (χ1v) is 9.18. The summed E-state index contributed by atoms with van der Waals surface area (Å²) in [5.41, 5.74) is 1.52. The summed E-state index contributed by atoms with van der Waals surface area (Å²) in [7, 11) is 1.58.